The van der Waals surface area contributed by atoms with E-state index in [0.29, 0.717) is 22.9 Å². The van der Waals surface area contributed by atoms with Crippen LogP contribution in [0.4, 0.5) is 0 Å². The molecule has 0 saturated heterocycles. The van der Waals surface area contributed by atoms with Crippen LogP contribution in [0.1, 0.15) is 21.5 Å². The highest BCUT2D eigenvalue weighted by molar-refractivity contribution is 6.29. The molecule has 0 fully saturated rings. The van der Waals surface area contributed by atoms with Crippen LogP contribution in [0.5, 0.6) is 5.75 Å². The van der Waals surface area contributed by atoms with Crippen molar-refractivity contribution >= 4 is 17.4 Å². The van der Waals surface area contributed by atoms with E-state index in [-0.39, 0.29) is 5.78 Å². The number of benzene rings is 1. The average molecular weight is 260 g/mol. The molecule has 0 saturated carbocycles. The molecule has 3 nitrogen and oxygen atoms in total. The lowest BCUT2D eigenvalue weighted by Gasteiger charge is -2.03. The van der Waals surface area contributed by atoms with E-state index in [4.69, 9.17) is 16.3 Å². The largest absolute Gasteiger partial charge is 0.493 e. The Morgan fingerprint density at radius 2 is 2.06 bits per heavy atom. The highest BCUT2D eigenvalue weighted by atomic mass is 35.5. The zero-order chi connectivity index (χ0) is 12.5. The van der Waals surface area contributed by atoms with Crippen LogP contribution in [-0.4, -0.2) is 17.4 Å². The summed E-state index contributed by atoms with van der Waals surface area (Å²) in [4.78, 5) is 16.2. The normalized spacial score (nSPS) is 12.9. The van der Waals surface area contributed by atoms with Crippen molar-refractivity contribution in [3.63, 3.8) is 0 Å². The van der Waals surface area contributed by atoms with Crippen LogP contribution in [0, 0.1) is 0 Å². The van der Waals surface area contributed by atoms with Crippen LogP contribution in [0.25, 0.3) is 0 Å². The van der Waals surface area contributed by atoms with Gasteiger partial charge in [0.05, 0.1) is 6.61 Å². The van der Waals surface area contributed by atoms with E-state index in [1.165, 1.54) is 6.20 Å². The molecule has 0 N–H and O–H groups in total. The lowest BCUT2D eigenvalue weighted by atomic mass is 10.0. The quantitative estimate of drug-likeness (QED) is 0.615. The van der Waals surface area contributed by atoms with Crippen molar-refractivity contribution in [2.45, 2.75) is 6.42 Å². The van der Waals surface area contributed by atoms with Crippen LogP contribution in [0.3, 0.4) is 0 Å². The van der Waals surface area contributed by atoms with Gasteiger partial charge in [0.1, 0.15) is 10.9 Å². The number of halogens is 1. The van der Waals surface area contributed by atoms with Crippen molar-refractivity contribution < 1.29 is 9.53 Å². The van der Waals surface area contributed by atoms with E-state index in [2.05, 4.69) is 4.98 Å². The summed E-state index contributed by atoms with van der Waals surface area (Å²) in [6, 6.07) is 8.81. The summed E-state index contributed by atoms with van der Waals surface area (Å²) in [5.41, 5.74) is 2.28. The molecular weight excluding hydrogens is 250 g/mol. The van der Waals surface area contributed by atoms with E-state index in [0.717, 1.165) is 17.7 Å². The molecule has 0 atom stereocenters. The second kappa shape index (κ2) is 4.42. The molecule has 2 heterocycles. The Morgan fingerprint density at radius 1 is 1.22 bits per heavy atom. The molecule has 0 radical (unpaired) electrons. The van der Waals surface area contributed by atoms with Crippen LogP contribution in [-0.2, 0) is 6.42 Å². The fourth-order valence-electron chi connectivity index (χ4n) is 2.00. The number of pyridine rings is 1. The van der Waals surface area contributed by atoms with Gasteiger partial charge in [-0.1, -0.05) is 11.6 Å². The first-order valence-electron chi connectivity index (χ1n) is 5.66. The van der Waals surface area contributed by atoms with Gasteiger partial charge in [0, 0.05) is 23.7 Å². The second-order valence-electron chi connectivity index (χ2n) is 4.12. The van der Waals surface area contributed by atoms with Crippen molar-refractivity contribution in [3.8, 4) is 5.75 Å². The number of nitrogens with zero attached hydrogens (tertiary/aromatic N) is 1. The highest BCUT2D eigenvalue weighted by Crippen LogP contribution is 2.26. The van der Waals surface area contributed by atoms with E-state index < -0.39 is 0 Å². The predicted octanol–water partition coefficient (Wildman–Crippen LogP) is 2.90. The lowest BCUT2D eigenvalue weighted by Crippen LogP contribution is -2.02. The molecule has 4 heteroatoms. The summed E-state index contributed by atoms with van der Waals surface area (Å²) in [5, 5.41) is 0.383. The number of aromatic nitrogens is 1. The van der Waals surface area contributed by atoms with Gasteiger partial charge in [-0.15, -0.1) is 0 Å². The van der Waals surface area contributed by atoms with Crippen molar-refractivity contribution in [3.05, 3.63) is 58.4 Å². The summed E-state index contributed by atoms with van der Waals surface area (Å²) in [6.45, 7) is 0.690. The average Bonchev–Trinajstić information content (AvgIpc) is 2.86. The third-order valence-electron chi connectivity index (χ3n) is 2.94. The molecule has 0 amide bonds. The van der Waals surface area contributed by atoms with Crippen LogP contribution in [0.2, 0.25) is 5.15 Å². The molecule has 90 valence electrons. The molecule has 1 aliphatic heterocycles. The number of carbonyl (C=O) groups is 1. The van der Waals surface area contributed by atoms with Crippen LogP contribution < -0.4 is 4.74 Å². The summed E-state index contributed by atoms with van der Waals surface area (Å²) in [5.74, 6) is 0.828. The summed E-state index contributed by atoms with van der Waals surface area (Å²) in [7, 11) is 0. The minimum atomic E-state index is -0.0473. The number of fused-ring (bicyclic) bond motifs is 1. The molecule has 1 aromatic heterocycles. The maximum Gasteiger partial charge on any atom is 0.194 e. The van der Waals surface area contributed by atoms with Crippen LogP contribution in [0.15, 0.2) is 36.5 Å². The summed E-state index contributed by atoms with van der Waals surface area (Å²) < 4.78 is 5.41. The standard InChI is InChI=1S/C14H10ClNO2/c15-13-4-2-11(8-16-13)14(17)10-1-3-12-9(7-10)5-6-18-12/h1-4,7-8H,5-6H2. The number of carbonyl (C=O) groups excluding carboxylic acids is 1. The maximum atomic E-state index is 12.2. The molecule has 0 unspecified atom stereocenters. The van der Waals surface area contributed by atoms with Gasteiger partial charge in [-0.25, -0.2) is 4.98 Å². The highest BCUT2D eigenvalue weighted by Gasteiger charge is 2.16. The van der Waals surface area contributed by atoms with Crippen LogP contribution >= 0.6 is 11.6 Å². The van der Waals surface area contributed by atoms with Crippen molar-refractivity contribution in [1.82, 2.24) is 4.98 Å². The minimum absolute atomic E-state index is 0.0473. The molecule has 2 aromatic rings. The third-order valence-corrected chi connectivity index (χ3v) is 3.16. The van der Waals surface area contributed by atoms with E-state index >= 15 is 0 Å². The Hall–Kier alpha value is -1.87. The predicted molar refractivity (Wildman–Crippen MR) is 68.3 cm³/mol. The SMILES string of the molecule is O=C(c1ccc(Cl)nc1)c1ccc2c(c1)CCO2. The molecule has 18 heavy (non-hydrogen) atoms. The zero-order valence-corrected chi connectivity index (χ0v) is 10.3. The fraction of sp³-hybridized carbons (Fsp3) is 0.143. The molecule has 0 aliphatic carbocycles. The topological polar surface area (TPSA) is 39.2 Å². The Labute approximate surface area is 109 Å². The smallest absolute Gasteiger partial charge is 0.194 e. The first kappa shape index (κ1) is 11.2. The molecule has 3 rings (SSSR count). The summed E-state index contributed by atoms with van der Waals surface area (Å²) in [6.07, 6.45) is 2.35. The Morgan fingerprint density at radius 3 is 2.83 bits per heavy atom. The first-order chi connectivity index (χ1) is 8.74. The molecular formula is C14H10ClNO2. The number of ketones is 1. The van der Waals surface area contributed by atoms with Gasteiger partial charge in [0.2, 0.25) is 0 Å². The van der Waals surface area contributed by atoms with E-state index in [9.17, 15) is 4.79 Å². The number of ether oxygens (including phenoxy) is 1. The van der Waals surface area contributed by atoms with E-state index in [1.807, 2.05) is 12.1 Å². The maximum absolute atomic E-state index is 12.2. The second-order valence-corrected chi connectivity index (χ2v) is 4.51. The molecule has 0 bridgehead atoms. The number of hydrogen-bond donors (Lipinski definition) is 0. The Bertz CT molecular complexity index is 608. The van der Waals surface area contributed by atoms with Gasteiger partial charge >= 0.3 is 0 Å². The first-order valence-corrected chi connectivity index (χ1v) is 6.04. The Balaban J connectivity index is 1.95. The number of rotatable bonds is 2. The molecule has 1 aromatic carbocycles. The lowest BCUT2D eigenvalue weighted by molar-refractivity contribution is 0.103. The molecule has 1 aliphatic rings. The zero-order valence-electron chi connectivity index (χ0n) is 9.52. The van der Waals surface area contributed by atoms with Gasteiger partial charge in [-0.3, -0.25) is 4.79 Å². The van der Waals surface area contributed by atoms with Gasteiger partial charge in [-0.2, -0.15) is 0 Å². The summed E-state index contributed by atoms with van der Waals surface area (Å²) >= 11 is 5.70. The monoisotopic (exact) mass is 259 g/mol. The van der Waals surface area contributed by atoms with Gasteiger partial charge in [0.15, 0.2) is 5.78 Å². The third kappa shape index (κ3) is 1.97. The Kier molecular flexibility index (Phi) is 2.76. The molecule has 0 spiro atoms. The number of hydrogen-bond acceptors (Lipinski definition) is 3. The fourth-order valence-corrected chi connectivity index (χ4v) is 2.12. The van der Waals surface area contributed by atoms with Crippen molar-refractivity contribution in [2.75, 3.05) is 6.61 Å². The van der Waals surface area contributed by atoms with Gasteiger partial charge < -0.3 is 4.74 Å². The van der Waals surface area contributed by atoms with E-state index in [1.54, 1.807) is 18.2 Å². The van der Waals surface area contributed by atoms with Crippen molar-refractivity contribution in [2.24, 2.45) is 0 Å². The van der Waals surface area contributed by atoms with Gasteiger partial charge in [-0.05, 0) is 35.9 Å². The minimum Gasteiger partial charge on any atom is -0.493 e. The van der Waals surface area contributed by atoms with Gasteiger partial charge in [0.25, 0.3) is 0 Å². The van der Waals surface area contributed by atoms with Crippen molar-refractivity contribution in [1.29, 1.82) is 0 Å².